The topological polar surface area (TPSA) is 32.4 Å². The van der Waals surface area contributed by atoms with Crippen LogP contribution in [0.2, 0.25) is 0 Å². The third-order valence-corrected chi connectivity index (χ3v) is 36.6. The lowest BCUT2D eigenvalue weighted by Gasteiger charge is -2.42. The Morgan fingerprint density at radius 3 is 0.812 bits per heavy atom. The van der Waals surface area contributed by atoms with Crippen molar-refractivity contribution in [3.05, 3.63) is 519 Å². The van der Waals surface area contributed by atoms with E-state index in [0.29, 0.717) is 17.8 Å². The summed E-state index contributed by atoms with van der Waals surface area (Å²) in [7, 11) is 0. The number of fused-ring (bicyclic) bond motifs is 5. The van der Waals surface area contributed by atoms with Crippen molar-refractivity contribution in [3.63, 3.8) is 0 Å². The molecule has 5 aliphatic carbocycles. The summed E-state index contributed by atoms with van der Waals surface area (Å²) in [6, 6.07) is 121. The molecule has 0 aromatic heterocycles. The molecule has 12 aromatic rings. The van der Waals surface area contributed by atoms with Crippen molar-refractivity contribution in [2.24, 2.45) is 46.8 Å². The molecule has 149 heavy (non-hydrogen) atoms. The van der Waals surface area contributed by atoms with Gasteiger partial charge in [-0.05, 0) is 260 Å². The maximum atomic E-state index is 9.48. The molecule has 10 heteroatoms. The Hall–Kier alpha value is -14.0. The highest BCUT2D eigenvalue weighted by Gasteiger charge is 2.60. The fourth-order valence-electron chi connectivity index (χ4n) is 29.9. The van der Waals surface area contributed by atoms with E-state index >= 15 is 0 Å². The summed E-state index contributed by atoms with van der Waals surface area (Å²) < 4.78 is 18.2. The third kappa shape index (κ3) is 17.3. The molecule has 10 heterocycles. The highest BCUT2D eigenvalue weighted by molar-refractivity contribution is 5.72. The van der Waals surface area contributed by atoms with Crippen LogP contribution in [0.5, 0.6) is 0 Å². The van der Waals surface area contributed by atoms with Crippen LogP contribution in [-0.4, -0.2) is 24.5 Å². The summed E-state index contributed by atoms with van der Waals surface area (Å²) >= 11 is 0. The fourth-order valence-corrected chi connectivity index (χ4v) is 29.9. The van der Waals surface area contributed by atoms with E-state index < -0.39 is 11.8 Å². The van der Waals surface area contributed by atoms with E-state index in [0.717, 1.165) is 23.2 Å². The van der Waals surface area contributed by atoms with Gasteiger partial charge in [-0.1, -0.05) is 411 Å². The van der Waals surface area contributed by atoms with Crippen LogP contribution in [-0.2, 0) is 10.8 Å². The first-order chi connectivity index (χ1) is 73.8. The van der Waals surface area contributed by atoms with Crippen molar-refractivity contribution in [3.8, 4) is 0 Å². The Morgan fingerprint density at radius 1 is 0.228 bits per heavy atom. The largest absolute Gasteiger partial charge is 0.324 e. The predicted octanol–water partition coefficient (Wildman–Crippen LogP) is 35.3. The van der Waals surface area contributed by atoms with Gasteiger partial charge < -0.3 is 49.0 Å². The lowest BCUT2D eigenvalue weighted by molar-refractivity contribution is 0.157. The number of hydrogen-bond acceptors (Lipinski definition) is 10. The van der Waals surface area contributed by atoms with Crippen molar-refractivity contribution in [2.75, 3.05) is 24.5 Å². The van der Waals surface area contributed by atoms with Gasteiger partial charge in [0.05, 0.1) is 22.2 Å². The molecule has 5 saturated carbocycles. The average Bonchev–Trinajstić information content (AvgIpc) is 1.55. The number of nitrogens with zero attached hydrogens (tertiary/aromatic N) is 10. The van der Waals surface area contributed by atoms with Crippen molar-refractivity contribution in [2.45, 2.75) is 253 Å². The molecule has 0 bridgehead atoms. The minimum Gasteiger partial charge on any atom is -0.324 e. The number of anilines is 5. The molecular formula is C139H152N10. The smallest absolute Gasteiger partial charge is 0.136 e. The summed E-state index contributed by atoms with van der Waals surface area (Å²) in [5.41, 5.74) is 35.8. The Kier molecular flexibility index (Phi) is 27.2. The van der Waals surface area contributed by atoms with E-state index in [2.05, 4.69) is 501 Å². The van der Waals surface area contributed by atoms with Gasteiger partial charge in [-0.2, -0.15) is 0 Å². The summed E-state index contributed by atoms with van der Waals surface area (Å²) in [5.74, 6) is 1.99. The minimum absolute atomic E-state index is 0.0609. The number of aryl methyl sites for hydroxylation is 5. The van der Waals surface area contributed by atoms with Crippen LogP contribution < -0.4 is 24.5 Å². The van der Waals surface area contributed by atoms with E-state index in [-0.39, 0.29) is 47.1 Å². The summed E-state index contributed by atoms with van der Waals surface area (Å²) in [4.78, 5) is 25.1. The van der Waals surface area contributed by atoms with Crippen LogP contribution in [0.4, 0.5) is 28.4 Å². The Bertz CT molecular complexity index is 7220. The van der Waals surface area contributed by atoms with Gasteiger partial charge in [0.15, 0.2) is 0 Å². The van der Waals surface area contributed by atoms with Gasteiger partial charge >= 0.3 is 0 Å². The normalized spacial score (nSPS) is 25.8. The number of allylic oxidation sites excluding steroid dienone is 10. The molecule has 27 rings (SSSR count). The second-order valence-electron chi connectivity index (χ2n) is 44.8. The van der Waals surface area contributed by atoms with E-state index in [1.54, 1.807) is 5.70 Å². The van der Waals surface area contributed by atoms with Gasteiger partial charge in [-0.15, -0.1) is 0 Å². The first kappa shape index (κ1) is 95.9. The Labute approximate surface area is 892 Å². The Balaban J connectivity index is 0.000000104. The second-order valence-corrected chi connectivity index (χ2v) is 44.8. The van der Waals surface area contributed by atoms with Crippen LogP contribution in [0.3, 0.4) is 0 Å². The van der Waals surface area contributed by atoms with Crippen LogP contribution in [0.15, 0.2) is 452 Å². The van der Waals surface area contributed by atoms with E-state index in [4.69, 9.17) is 1.37 Å². The average molecular weight is 1960 g/mol. The van der Waals surface area contributed by atoms with Gasteiger partial charge in [0.25, 0.3) is 0 Å². The second kappa shape index (κ2) is 42.2. The molecule has 758 valence electrons. The van der Waals surface area contributed by atoms with Gasteiger partial charge in [0, 0.05) is 125 Å². The molecule has 12 aromatic carbocycles. The van der Waals surface area contributed by atoms with Crippen LogP contribution in [0.1, 0.15) is 277 Å². The fraction of sp³-hybridized carbons (Fsp3) is 0.338. The Morgan fingerprint density at radius 2 is 0.477 bits per heavy atom. The van der Waals surface area contributed by atoms with E-state index in [9.17, 15) is 1.37 Å². The summed E-state index contributed by atoms with van der Waals surface area (Å²) in [6.45, 7) is 24.5. The molecule has 5 fully saturated rings. The maximum Gasteiger partial charge on any atom is 0.136 e. The molecule has 0 radical (unpaired) electrons. The third-order valence-electron chi connectivity index (χ3n) is 36.6. The van der Waals surface area contributed by atoms with Crippen LogP contribution in [0, 0.1) is 81.4 Å². The molecule has 0 amide bonds. The zero-order valence-corrected chi connectivity index (χ0v) is 89.6. The van der Waals surface area contributed by atoms with Gasteiger partial charge in [0.2, 0.25) is 0 Å². The molecular weight excluding hydrogens is 1810 g/mol. The highest BCUT2D eigenvalue weighted by atomic mass is 15.5. The van der Waals surface area contributed by atoms with Crippen LogP contribution >= 0.6 is 0 Å². The molecule has 9 unspecified atom stereocenters. The van der Waals surface area contributed by atoms with E-state index in [1.165, 1.54) is 270 Å². The van der Waals surface area contributed by atoms with Gasteiger partial charge in [-0.25, -0.2) is 0 Å². The quantitative estimate of drug-likeness (QED) is 0.0879. The molecule has 10 aliphatic heterocycles. The lowest BCUT2D eigenvalue weighted by Crippen LogP contribution is -2.37. The minimum atomic E-state index is -0.686. The van der Waals surface area contributed by atoms with Crippen molar-refractivity contribution < 1.29 is 2.74 Å². The van der Waals surface area contributed by atoms with Crippen molar-refractivity contribution in [1.29, 1.82) is 0 Å². The van der Waals surface area contributed by atoms with Gasteiger partial charge in [-0.3, -0.25) is 0 Å². The highest BCUT2D eigenvalue weighted by Crippen LogP contribution is 2.67. The van der Waals surface area contributed by atoms with Crippen molar-refractivity contribution in [1.82, 2.24) is 24.5 Å². The summed E-state index contributed by atoms with van der Waals surface area (Å²) in [5, 5.41) is 0. The first-order valence-electron chi connectivity index (χ1n) is 57.3. The monoisotopic (exact) mass is 1960 g/mol. The number of para-hydroxylation sites is 5. The molecule has 0 N–H and O–H groups in total. The zero-order chi connectivity index (χ0) is 103. The van der Waals surface area contributed by atoms with Crippen LogP contribution in [0.25, 0.3) is 0 Å². The predicted molar refractivity (Wildman–Crippen MR) is 618 cm³/mol. The lowest BCUT2D eigenvalue weighted by atomic mass is 9.63. The number of rotatable bonds is 17. The molecule has 0 saturated heterocycles. The SMILES string of the molecule is CC1=C2N(C=CC2(C2CCCC2)C2CCCC2)C(c2ccccc2)N1c1ccccc1C.CC1=C2N(C=CC2(c2ccccc2)C2CCCC2)C(c2ccccc2)N1c1ccccc1C.CC1=C2N(C=CC2(c2ccccc2)C2CCCCC2)C(c2ccccc2)N1c1ccccc1C.[2H]C1(C)C=CN2C1=C(C)N(c1ccccc1C)C2c1ccccc1.[2H]C1(C2CCCC2)C=CN2C1=C(C)N(c1ccccc1C)C2c1ccccc1. The van der Waals surface area contributed by atoms with Gasteiger partial charge in [0.1, 0.15) is 30.8 Å². The molecule has 10 nitrogen and oxygen atoms in total. The molecule has 15 aliphatic rings. The first-order valence-corrected chi connectivity index (χ1v) is 56.3. The molecule has 0 spiro atoms. The number of hydrogen-bond donors (Lipinski definition) is 0. The molecule has 9 atom stereocenters. The van der Waals surface area contributed by atoms with Crippen molar-refractivity contribution >= 4 is 28.4 Å². The summed E-state index contributed by atoms with van der Waals surface area (Å²) in [6.07, 6.45) is 51.9. The number of benzene rings is 12. The standard InChI is InChI=1S/C32H34N2.C31H32N2.C30H36N2.C25H28N2.C21H22N2/c1-24-14-12-13-21-29(24)34-25(2)30-32(27-17-8-4-9-18-27,28-19-10-5-11-20-28)22-23-33(30)31(34)26-15-6-3-7-16-26;1-23-13-9-12-20-28(23)33-24(2)29-31(27-18-10-11-19-27,26-16-7-4-8-17-26)21-22-32(29)30(33)25-14-5-3-6-15-25;1-22-12-6-11-19-27(22)32-23(2)28-30(25-15-7-8-16-25,26-17-9-10-18-26)20-21-31(28)29(32)24-13-4-3-5-14-24;1-18-10-6-9-15-23(18)27-19(2)24-22(20-11-7-8-12-20)16-17-26(24)25(27)21-13-4-3-5-14-21;1-15-9-7-8-12-19(15)23-17(3)20-16(2)13-14-22(20)21(23)18-10-5-4-6-11-18/h3-4,6-9,12-18,21-23,28,31H,5,10-11,19-20H2,1-2H3;3-9,12-17,20-22,27,30H,10-11,18-19H2,1-2H3;3-6,11-14,19-21,25-26,29H,7-10,15-18H2,1-2H3;3-6,9-10,13-17,20,22,25H,7-8,11-12H2,1-2H3;4-14,16,21H,1-3H3/i;;;22D;16D. The van der Waals surface area contributed by atoms with E-state index in [1.807, 2.05) is 19.1 Å². The maximum absolute atomic E-state index is 9.48. The zero-order valence-electron chi connectivity index (χ0n) is 91.6.